The number of benzene rings is 1. The molecule has 110 valence electrons. The van der Waals surface area contributed by atoms with Crippen molar-refractivity contribution in [3.05, 3.63) is 35.4 Å². The number of hydrogen-bond acceptors (Lipinski definition) is 4. The van der Waals surface area contributed by atoms with Crippen molar-refractivity contribution in [2.24, 2.45) is 0 Å². The highest BCUT2D eigenvalue weighted by Gasteiger charge is 2.13. The topological polar surface area (TPSA) is 93.4 Å². The molecule has 0 saturated heterocycles. The van der Waals surface area contributed by atoms with Crippen LogP contribution in [-0.4, -0.2) is 37.1 Å². The number of nitriles is 1. The zero-order valence-electron chi connectivity index (χ0n) is 12.0. The largest absolute Gasteiger partial charge is 0.478 e. The van der Waals surface area contributed by atoms with Crippen molar-refractivity contribution in [3.63, 3.8) is 0 Å². The molecule has 0 radical (unpaired) electrons. The van der Waals surface area contributed by atoms with Gasteiger partial charge in [0.25, 0.3) is 0 Å². The number of carbonyl (C=O) groups is 2. The van der Waals surface area contributed by atoms with E-state index in [0.717, 1.165) is 6.08 Å². The molecule has 0 atom stereocenters. The highest BCUT2D eigenvalue weighted by Crippen LogP contribution is 2.22. The van der Waals surface area contributed by atoms with E-state index in [9.17, 15) is 14.9 Å². The molecule has 0 aliphatic rings. The molecule has 6 nitrogen and oxygen atoms in total. The predicted molar refractivity (Wildman–Crippen MR) is 79.8 cm³/mol. The summed E-state index contributed by atoms with van der Waals surface area (Å²) in [6.45, 7) is 2.63. The molecule has 0 heterocycles. The number of likely N-dealkylation sites (N-methyl/N-ethyl adjacent to an activating group) is 2. The maximum absolute atomic E-state index is 11.5. The minimum Gasteiger partial charge on any atom is -0.478 e. The zero-order valence-corrected chi connectivity index (χ0v) is 12.0. The Labute approximate surface area is 123 Å². The number of amides is 1. The van der Waals surface area contributed by atoms with E-state index in [2.05, 4.69) is 11.4 Å². The third kappa shape index (κ3) is 4.66. The van der Waals surface area contributed by atoms with Crippen molar-refractivity contribution in [1.82, 2.24) is 5.32 Å². The van der Waals surface area contributed by atoms with Crippen molar-refractivity contribution in [3.8, 4) is 6.07 Å². The van der Waals surface area contributed by atoms with Gasteiger partial charge in [-0.2, -0.15) is 5.26 Å². The Hall–Kier alpha value is -2.81. The third-order valence-corrected chi connectivity index (χ3v) is 2.90. The van der Waals surface area contributed by atoms with E-state index in [1.807, 2.05) is 6.92 Å². The van der Waals surface area contributed by atoms with Crippen LogP contribution in [-0.2, 0) is 9.59 Å². The van der Waals surface area contributed by atoms with Crippen LogP contribution in [0.15, 0.2) is 24.3 Å². The van der Waals surface area contributed by atoms with Gasteiger partial charge in [-0.15, -0.1) is 0 Å². The summed E-state index contributed by atoms with van der Waals surface area (Å²) in [7, 11) is 1.56. The Balaban J connectivity index is 3.10. The van der Waals surface area contributed by atoms with Crippen LogP contribution in [0.5, 0.6) is 0 Å². The Morgan fingerprint density at radius 1 is 1.48 bits per heavy atom. The fraction of sp³-hybridized carbons (Fsp3) is 0.267. The van der Waals surface area contributed by atoms with Crippen molar-refractivity contribution in [2.75, 3.05) is 25.0 Å². The Bertz CT molecular complexity index is 603. The number of aliphatic carboxylic acids is 1. The van der Waals surface area contributed by atoms with Crippen LogP contribution in [0.1, 0.15) is 18.1 Å². The van der Waals surface area contributed by atoms with Crippen molar-refractivity contribution < 1.29 is 14.7 Å². The van der Waals surface area contributed by atoms with Gasteiger partial charge < -0.3 is 15.3 Å². The third-order valence-electron chi connectivity index (χ3n) is 2.90. The number of hydrogen-bond donors (Lipinski definition) is 2. The predicted octanol–water partition coefficient (Wildman–Crippen LogP) is 1.23. The monoisotopic (exact) mass is 287 g/mol. The van der Waals surface area contributed by atoms with Gasteiger partial charge in [-0.1, -0.05) is 6.07 Å². The SMILES string of the molecule is CCN(CC(=O)NC)c1ccc(/C=C/C(=O)O)cc1C#N. The number of carboxylic acids is 1. The lowest BCUT2D eigenvalue weighted by molar-refractivity contribution is -0.131. The first-order valence-electron chi connectivity index (χ1n) is 6.42. The summed E-state index contributed by atoms with van der Waals surface area (Å²) in [5.74, 6) is -1.19. The van der Waals surface area contributed by atoms with Crippen molar-refractivity contribution >= 4 is 23.6 Å². The highest BCUT2D eigenvalue weighted by molar-refractivity contribution is 5.86. The molecule has 6 heteroatoms. The molecule has 0 spiro atoms. The summed E-state index contributed by atoms with van der Waals surface area (Å²) in [6, 6.07) is 7.10. The first kappa shape index (κ1) is 16.2. The van der Waals surface area contributed by atoms with E-state index in [4.69, 9.17) is 5.11 Å². The Morgan fingerprint density at radius 2 is 2.19 bits per heavy atom. The van der Waals surface area contributed by atoms with Crippen LogP contribution in [0, 0.1) is 11.3 Å². The minimum atomic E-state index is -1.05. The van der Waals surface area contributed by atoms with Crippen molar-refractivity contribution in [2.45, 2.75) is 6.92 Å². The lowest BCUT2D eigenvalue weighted by Gasteiger charge is -2.23. The molecular weight excluding hydrogens is 270 g/mol. The van der Waals surface area contributed by atoms with Gasteiger partial charge in [-0.05, 0) is 30.7 Å². The van der Waals surface area contributed by atoms with Gasteiger partial charge in [0.15, 0.2) is 0 Å². The van der Waals surface area contributed by atoms with Crippen LogP contribution in [0.25, 0.3) is 6.08 Å². The number of nitrogens with one attached hydrogen (secondary N) is 1. The molecule has 0 aromatic heterocycles. The van der Waals surface area contributed by atoms with Crippen LogP contribution < -0.4 is 10.2 Å². The van der Waals surface area contributed by atoms with E-state index in [0.29, 0.717) is 23.4 Å². The summed E-state index contributed by atoms with van der Waals surface area (Å²) in [4.78, 5) is 23.8. The molecule has 1 rings (SSSR count). The first-order valence-corrected chi connectivity index (χ1v) is 6.42. The lowest BCUT2D eigenvalue weighted by atomic mass is 10.1. The Morgan fingerprint density at radius 3 is 2.71 bits per heavy atom. The molecule has 1 amide bonds. The van der Waals surface area contributed by atoms with Gasteiger partial charge in [0, 0.05) is 19.7 Å². The van der Waals surface area contributed by atoms with Gasteiger partial charge in [-0.25, -0.2) is 4.79 Å². The molecule has 0 aliphatic carbocycles. The number of carbonyl (C=O) groups excluding carboxylic acids is 1. The van der Waals surface area contributed by atoms with E-state index in [-0.39, 0.29) is 12.5 Å². The number of rotatable bonds is 6. The molecule has 0 saturated carbocycles. The maximum atomic E-state index is 11.5. The minimum absolute atomic E-state index is 0.143. The van der Waals surface area contributed by atoms with E-state index >= 15 is 0 Å². The normalized spacial score (nSPS) is 10.1. The van der Waals surface area contributed by atoms with Crippen LogP contribution in [0.4, 0.5) is 5.69 Å². The van der Waals surface area contributed by atoms with Crippen LogP contribution in [0.2, 0.25) is 0 Å². The summed E-state index contributed by atoms with van der Waals surface area (Å²) < 4.78 is 0. The second-order valence-corrected chi connectivity index (χ2v) is 4.25. The second kappa shape index (κ2) is 7.70. The number of anilines is 1. The average Bonchev–Trinajstić information content (AvgIpc) is 2.50. The molecule has 1 aromatic rings. The molecule has 21 heavy (non-hydrogen) atoms. The van der Waals surface area contributed by atoms with E-state index in [1.165, 1.54) is 6.08 Å². The van der Waals surface area contributed by atoms with E-state index in [1.54, 1.807) is 30.1 Å². The van der Waals surface area contributed by atoms with Gasteiger partial charge >= 0.3 is 5.97 Å². The van der Waals surface area contributed by atoms with Gasteiger partial charge in [0.05, 0.1) is 17.8 Å². The maximum Gasteiger partial charge on any atom is 0.328 e. The zero-order chi connectivity index (χ0) is 15.8. The van der Waals surface area contributed by atoms with Gasteiger partial charge in [0.1, 0.15) is 6.07 Å². The summed E-state index contributed by atoms with van der Waals surface area (Å²) in [5, 5.41) is 20.4. The summed E-state index contributed by atoms with van der Waals surface area (Å²) >= 11 is 0. The molecule has 0 bridgehead atoms. The smallest absolute Gasteiger partial charge is 0.328 e. The fourth-order valence-corrected chi connectivity index (χ4v) is 1.81. The fourth-order valence-electron chi connectivity index (χ4n) is 1.81. The number of carboxylic acid groups (broad SMARTS) is 1. The lowest BCUT2D eigenvalue weighted by Crippen LogP contribution is -2.35. The van der Waals surface area contributed by atoms with Gasteiger partial charge in [0.2, 0.25) is 5.91 Å². The van der Waals surface area contributed by atoms with Crippen LogP contribution in [0.3, 0.4) is 0 Å². The standard InChI is InChI=1S/C15H17N3O3/c1-3-18(10-14(19)17-2)13-6-4-11(5-7-15(20)21)8-12(13)9-16/h4-8H,3,10H2,1-2H3,(H,17,19)(H,20,21)/b7-5+. The quantitative estimate of drug-likeness (QED) is 0.767. The summed E-state index contributed by atoms with van der Waals surface area (Å²) in [5.41, 5.74) is 1.66. The first-order chi connectivity index (χ1) is 10.0. The van der Waals surface area contributed by atoms with Crippen LogP contribution >= 0.6 is 0 Å². The second-order valence-electron chi connectivity index (χ2n) is 4.25. The highest BCUT2D eigenvalue weighted by atomic mass is 16.4. The Kier molecular flexibility index (Phi) is 5.96. The van der Waals surface area contributed by atoms with Crippen molar-refractivity contribution in [1.29, 1.82) is 5.26 Å². The molecule has 2 N–H and O–H groups in total. The average molecular weight is 287 g/mol. The molecule has 1 aromatic carbocycles. The molecule has 0 unspecified atom stereocenters. The number of nitrogens with zero attached hydrogens (tertiary/aromatic N) is 2. The van der Waals surface area contributed by atoms with Gasteiger partial charge in [-0.3, -0.25) is 4.79 Å². The molecule has 0 fully saturated rings. The summed E-state index contributed by atoms with van der Waals surface area (Å²) in [6.07, 6.45) is 2.43. The molecule has 0 aliphatic heterocycles. The van der Waals surface area contributed by atoms with E-state index < -0.39 is 5.97 Å². The molecular formula is C15H17N3O3.